The number of nitrogens with one attached hydrogen (secondary N) is 1. The summed E-state index contributed by atoms with van der Waals surface area (Å²) in [6, 6.07) is 15.5. The number of rotatable bonds is 5. The Hall–Kier alpha value is -3.20. The van der Waals surface area contributed by atoms with Gasteiger partial charge in [-0.2, -0.15) is 4.98 Å². The quantitative estimate of drug-likeness (QED) is 0.537. The van der Waals surface area contributed by atoms with Crippen LogP contribution in [0.4, 0.5) is 10.5 Å². The van der Waals surface area contributed by atoms with E-state index >= 15 is 0 Å². The zero-order chi connectivity index (χ0) is 23.5. The minimum atomic E-state index is -3.40. The molecule has 0 spiro atoms. The minimum absolute atomic E-state index is 0.261. The molecule has 2 aliphatic rings. The molecule has 1 atom stereocenters. The lowest BCUT2D eigenvalue weighted by Crippen LogP contribution is -2.41. The lowest BCUT2D eigenvalue weighted by molar-refractivity contribution is 0.142. The van der Waals surface area contributed by atoms with E-state index < -0.39 is 9.84 Å². The molecule has 2 aromatic carbocycles. The smallest absolute Gasteiger partial charge is 0.322 e. The van der Waals surface area contributed by atoms with Gasteiger partial charge < -0.3 is 14.7 Å². The van der Waals surface area contributed by atoms with Crippen molar-refractivity contribution in [1.82, 2.24) is 15.0 Å². The Labute approximate surface area is 199 Å². The summed E-state index contributed by atoms with van der Waals surface area (Å²) in [6.07, 6.45) is 5.83. The Kier molecular flexibility index (Phi) is 6.36. The van der Waals surface area contributed by atoms with Crippen LogP contribution in [-0.4, -0.2) is 41.3 Å². The number of carbonyl (C=O) groups excluding carboxylic acids is 1. The molecule has 0 bridgehead atoms. The molecule has 178 valence electrons. The van der Waals surface area contributed by atoms with E-state index in [-0.39, 0.29) is 22.2 Å². The third-order valence-electron chi connectivity index (χ3n) is 6.68. The standard InChI is InChI=1S/C25H28N4O4S/c30-25(26-19-11-8-14-21(17-19)34(31,32)20-12-4-5-13-20)29-16-7-6-15-22(29)24-27-23(28-33-24)18-9-2-1-3-10-18/h1-3,8-11,14,17,20,22H,4-7,12-13,15-16H2,(H,26,30)/t22-/m0/s1. The first-order valence-corrected chi connectivity index (χ1v) is 13.4. The fraction of sp³-hybridized carbons (Fsp3) is 0.400. The number of amides is 2. The molecule has 1 saturated carbocycles. The average Bonchev–Trinajstić information content (AvgIpc) is 3.58. The highest BCUT2D eigenvalue weighted by Crippen LogP contribution is 2.33. The number of piperidine rings is 1. The number of benzene rings is 2. The van der Waals surface area contributed by atoms with E-state index in [0.29, 0.717) is 36.8 Å². The van der Waals surface area contributed by atoms with E-state index in [1.807, 2.05) is 30.3 Å². The highest BCUT2D eigenvalue weighted by atomic mass is 32.2. The summed E-state index contributed by atoms with van der Waals surface area (Å²) >= 11 is 0. The van der Waals surface area contributed by atoms with Crippen molar-refractivity contribution in [3.63, 3.8) is 0 Å². The van der Waals surface area contributed by atoms with Gasteiger partial charge in [-0.05, 0) is 50.3 Å². The Bertz CT molecular complexity index is 1250. The molecule has 9 heteroatoms. The summed E-state index contributed by atoms with van der Waals surface area (Å²) in [6.45, 7) is 0.555. The molecule has 0 radical (unpaired) electrons. The van der Waals surface area contributed by atoms with Crippen LogP contribution < -0.4 is 5.32 Å². The van der Waals surface area contributed by atoms with Crippen molar-refractivity contribution in [3.05, 3.63) is 60.5 Å². The van der Waals surface area contributed by atoms with Gasteiger partial charge in [-0.3, -0.25) is 0 Å². The van der Waals surface area contributed by atoms with Crippen LogP contribution in [0.3, 0.4) is 0 Å². The van der Waals surface area contributed by atoms with Crippen LogP contribution in [0.25, 0.3) is 11.4 Å². The second-order valence-electron chi connectivity index (χ2n) is 8.94. The maximum atomic E-state index is 13.2. The van der Waals surface area contributed by atoms with E-state index in [4.69, 9.17) is 4.52 Å². The van der Waals surface area contributed by atoms with Crippen LogP contribution in [0.1, 0.15) is 56.9 Å². The SMILES string of the molecule is O=C(Nc1cccc(S(=O)(=O)C2CCCC2)c1)N1CCCC[C@H]1c1nc(-c2ccccc2)no1. The average molecular weight is 481 g/mol. The normalized spacial score (nSPS) is 19.3. The number of likely N-dealkylation sites (tertiary alicyclic amines) is 1. The molecule has 3 aromatic rings. The van der Waals surface area contributed by atoms with Crippen molar-refractivity contribution < 1.29 is 17.7 Å². The van der Waals surface area contributed by atoms with Crippen LogP contribution in [0, 0.1) is 0 Å². The van der Waals surface area contributed by atoms with Crippen molar-refractivity contribution >= 4 is 21.6 Å². The van der Waals surface area contributed by atoms with Gasteiger partial charge in [-0.1, -0.05) is 54.4 Å². The van der Waals surface area contributed by atoms with Crippen molar-refractivity contribution in [2.24, 2.45) is 0 Å². The van der Waals surface area contributed by atoms with Gasteiger partial charge in [0.15, 0.2) is 9.84 Å². The molecule has 1 aromatic heterocycles. The molecular weight excluding hydrogens is 452 g/mol. The van der Waals surface area contributed by atoms with Crippen molar-refractivity contribution in [2.45, 2.75) is 61.1 Å². The summed E-state index contributed by atoms with van der Waals surface area (Å²) in [5.74, 6) is 0.901. The monoisotopic (exact) mass is 480 g/mol. The second kappa shape index (κ2) is 9.58. The third kappa shape index (κ3) is 4.57. The maximum absolute atomic E-state index is 13.2. The zero-order valence-corrected chi connectivity index (χ0v) is 19.7. The first kappa shape index (κ1) is 22.6. The predicted octanol–water partition coefficient (Wildman–Crippen LogP) is 5.21. The Morgan fingerprint density at radius 2 is 1.74 bits per heavy atom. The molecule has 0 unspecified atom stereocenters. The fourth-order valence-corrected chi connectivity index (χ4v) is 6.74. The van der Waals surface area contributed by atoms with Crippen molar-refractivity contribution in [2.75, 3.05) is 11.9 Å². The van der Waals surface area contributed by atoms with Crippen LogP contribution in [-0.2, 0) is 9.84 Å². The van der Waals surface area contributed by atoms with Crippen LogP contribution >= 0.6 is 0 Å². The second-order valence-corrected chi connectivity index (χ2v) is 11.2. The Morgan fingerprint density at radius 3 is 2.53 bits per heavy atom. The number of anilines is 1. The molecule has 1 aliphatic heterocycles. The molecule has 2 heterocycles. The van der Waals surface area contributed by atoms with Crippen molar-refractivity contribution in [1.29, 1.82) is 0 Å². The Morgan fingerprint density at radius 1 is 0.971 bits per heavy atom. The first-order chi connectivity index (χ1) is 16.5. The number of hydrogen-bond acceptors (Lipinski definition) is 6. The number of hydrogen-bond donors (Lipinski definition) is 1. The molecule has 2 amide bonds. The highest BCUT2D eigenvalue weighted by Gasteiger charge is 2.33. The van der Waals surface area contributed by atoms with Crippen molar-refractivity contribution in [3.8, 4) is 11.4 Å². The molecule has 1 saturated heterocycles. The highest BCUT2D eigenvalue weighted by molar-refractivity contribution is 7.92. The van der Waals surface area contributed by atoms with E-state index in [2.05, 4.69) is 15.5 Å². The van der Waals surface area contributed by atoms with Gasteiger partial charge in [0.2, 0.25) is 11.7 Å². The fourth-order valence-electron chi connectivity index (χ4n) is 4.84. The van der Waals surface area contributed by atoms with Gasteiger partial charge in [0.05, 0.1) is 10.1 Å². The predicted molar refractivity (Wildman–Crippen MR) is 128 cm³/mol. The van der Waals surface area contributed by atoms with Gasteiger partial charge in [0, 0.05) is 17.8 Å². The molecule has 2 fully saturated rings. The number of aromatic nitrogens is 2. The minimum Gasteiger partial charge on any atom is -0.337 e. The molecule has 8 nitrogen and oxygen atoms in total. The van der Waals surface area contributed by atoms with E-state index in [1.54, 1.807) is 29.2 Å². The lowest BCUT2D eigenvalue weighted by atomic mass is 10.0. The number of nitrogens with zero attached hydrogens (tertiary/aromatic N) is 3. The van der Waals surface area contributed by atoms with Gasteiger partial charge in [-0.25, -0.2) is 13.2 Å². The topological polar surface area (TPSA) is 105 Å². The molecule has 34 heavy (non-hydrogen) atoms. The van der Waals surface area contributed by atoms with E-state index in [1.165, 1.54) is 0 Å². The van der Waals surface area contributed by atoms with Gasteiger partial charge in [0.25, 0.3) is 0 Å². The summed E-state index contributed by atoms with van der Waals surface area (Å²) in [7, 11) is -3.40. The maximum Gasteiger partial charge on any atom is 0.322 e. The number of sulfone groups is 1. The van der Waals surface area contributed by atoms with Crippen LogP contribution in [0.15, 0.2) is 64.0 Å². The summed E-state index contributed by atoms with van der Waals surface area (Å²) in [4.78, 5) is 19.7. The molecular formula is C25H28N4O4S. The third-order valence-corrected chi connectivity index (χ3v) is 8.94. The molecule has 1 aliphatic carbocycles. The zero-order valence-electron chi connectivity index (χ0n) is 18.9. The number of urea groups is 1. The molecule has 1 N–H and O–H groups in total. The molecule has 5 rings (SSSR count). The van der Waals surface area contributed by atoms with E-state index in [9.17, 15) is 13.2 Å². The van der Waals surface area contributed by atoms with Crippen LogP contribution in [0.2, 0.25) is 0 Å². The largest absolute Gasteiger partial charge is 0.337 e. The summed E-state index contributed by atoms with van der Waals surface area (Å²) in [5.41, 5.74) is 1.31. The summed E-state index contributed by atoms with van der Waals surface area (Å²) < 4.78 is 31.5. The van der Waals surface area contributed by atoms with Gasteiger partial charge >= 0.3 is 6.03 Å². The van der Waals surface area contributed by atoms with Gasteiger partial charge in [-0.15, -0.1) is 0 Å². The number of carbonyl (C=O) groups is 1. The first-order valence-electron chi connectivity index (χ1n) is 11.8. The Balaban J connectivity index is 1.33. The van der Waals surface area contributed by atoms with E-state index in [0.717, 1.165) is 37.7 Å². The van der Waals surface area contributed by atoms with Gasteiger partial charge in [0.1, 0.15) is 6.04 Å². The van der Waals surface area contributed by atoms with Crippen LogP contribution in [0.5, 0.6) is 0 Å². The summed E-state index contributed by atoms with van der Waals surface area (Å²) in [5, 5.41) is 6.66. The lowest BCUT2D eigenvalue weighted by Gasteiger charge is -2.33.